The number of ether oxygens (including phenoxy) is 1. The van der Waals surface area contributed by atoms with Crippen molar-refractivity contribution in [2.45, 2.75) is 46.5 Å². The SMILES string of the molecule is CCCCCC#CC(=O)OCC=C(C)C. The van der Waals surface area contributed by atoms with Gasteiger partial charge < -0.3 is 4.74 Å². The Balaban J connectivity index is 3.59. The first-order valence-corrected chi connectivity index (χ1v) is 5.45. The summed E-state index contributed by atoms with van der Waals surface area (Å²) in [7, 11) is 0. The summed E-state index contributed by atoms with van der Waals surface area (Å²) in [5, 5.41) is 0. The van der Waals surface area contributed by atoms with Gasteiger partial charge in [-0.2, -0.15) is 0 Å². The van der Waals surface area contributed by atoms with E-state index in [4.69, 9.17) is 4.74 Å². The van der Waals surface area contributed by atoms with Crippen LogP contribution in [0.25, 0.3) is 0 Å². The van der Waals surface area contributed by atoms with Gasteiger partial charge in [0.15, 0.2) is 0 Å². The third-order valence-electron chi connectivity index (χ3n) is 1.80. The van der Waals surface area contributed by atoms with E-state index in [9.17, 15) is 4.79 Å². The molecular weight excluding hydrogens is 188 g/mol. The van der Waals surface area contributed by atoms with Crippen molar-refractivity contribution in [3.05, 3.63) is 11.6 Å². The summed E-state index contributed by atoms with van der Waals surface area (Å²) < 4.78 is 4.87. The molecule has 0 aromatic carbocycles. The van der Waals surface area contributed by atoms with Gasteiger partial charge in [0.25, 0.3) is 0 Å². The fourth-order valence-electron chi connectivity index (χ4n) is 0.918. The van der Waals surface area contributed by atoms with E-state index >= 15 is 0 Å². The van der Waals surface area contributed by atoms with E-state index in [-0.39, 0.29) is 0 Å². The van der Waals surface area contributed by atoms with E-state index in [2.05, 4.69) is 18.8 Å². The number of esters is 1. The van der Waals surface area contributed by atoms with E-state index in [1.54, 1.807) is 0 Å². The number of hydrogen-bond donors (Lipinski definition) is 0. The molecule has 0 aliphatic rings. The molecular formula is C13H20O2. The van der Waals surface area contributed by atoms with Crippen molar-refractivity contribution in [2.24, 2.45) is 0 Å². The van der Waals surface area contributed by atoms with E-state index < -0.39 is 5.97 Å². The molecule has 0 saturated carbocycles. The standard InChI is InChI=1S/C13H20O2/c1-4-5-6-7-8-9-13(14)15-11-10-12(2)3/h10H,4-7,11H2,1-3H3. The zero-order valence-electron chi connectivity index (χ0n) is 9.93. The Bertz CT molecular complexity index is 262. The monoisotopic (exact) mass is 208 g/mol. The Morgan fingerprint density at radius 3 is 2.67 bits per heavy atom. The number of hydrogen-bond acceptors (Lipinski definition) is 2. The highest BCUT2D eigenvalue weighted by molar-refractivity contribution is 5.88. The van der Waals surface area contributed by atoms with Crippen LogP contribution in [0.1, 0.15) is 46.5 Å². The lowest BCUT2D eigenvalue weighted by Crippen LogP contribution is -2.00. The maximum atomic E-state index is 11.0. The van der Waals surface area contributed by atoms with Crippen molar-refractivity contribution < 1.29 is 9.53 Å². The highest BCUT2D eigenvalue weighted by Gasteiger charge is 1.93. The van der Waals surface area contributed by atoms with Gasteiger partial charge in [0.05, 0.1) is 0 Å². The lowest BCUT2D eigenvalue weighted by Gasteiger charge is -1.95. The topological polar surface area (TPSA) is 26.3 Å². The van der Waals surface area contributed by atoms with Crippen molar-refractivity contribution >= 4 is 5.97 Å². The molecule has 84 valence electrons. The molecule has 0 spiro atoms. The van der Waals surface area contributed by atoms with Crippen molar-refractivity contribution in [1.82, 2.24) is 0 Å². The Morgan fingerprint density at radius 2 is 2.07 bits per heavy atom. The van der Waals surface area contributed by atoms with Crippen LogP contribution in [0.2, 0.25) is 0 Å². The molecule has 0 saturated heterocycles. The van der Waals surface area contributed by atoms with Gasteiger partial charge in [-0.05, 0) is 26.3 Å². The third-order valence-corrected chi connectivity index (χ3v) is 1.80. The summed E-state index contributed by atoms with van der Waals surface area (Å²) in [5.41, 5.74) is 1.14. The Kier molecular flexibility index (Phi) is 8.56. The molecule has 0 aromatic rings. The van der Waals surface area contributed by atoms with Crippen LogP contribution in [0.3, 0.4) is 0 Å². The number of allylic oxidation sites excluding steroid dienone is 1. The number of unbranched alkanes of at least 4 members (excludes halogenated alkanes) is 3. The van der Waals surface area contributed by atoms with Crippen LogP contribution in [-0.2, 0) is 9.53 Å². The molecule has 2 heteroatoms. The minimum Gasteiger partial charge on any atom is -0.452 e. The minimum atomic E-state index is -0.427. The molecule has 0 N–H and O–H groups in total. The first-order chi connectivity index (χ1) is 7.16. The molecule has 0 rings (SSSR count). The summed E-state index contributed by atoms with van der Waals surface area (Å²) in [6.45, 7) is 6.39. The van der Waals surface area contributed by atoms with Gasteiger partial charge in [0, 0.05) is 12.3 Å². The number of carbonyl (C=O) groups is 1. The highest BCUT2D eigenvalue weighted by Crippen LogP contribution is 1.96. The van der Waals surface area contributed by atoms with E-state index in [0.29, 0.717) is 6.61 Å². The zero-order chi connectivity index (χ0) is 11.5. The van der Waals surface area contributed by atoms with Crippen molar-refractivity contribution in [1.29, 1.82) is 0 Å². The van der Waals surface area contributed by atoms with E-state index in [1.165, 1.54) is 12.8 Å². The normalized spacial score (nSPS) is 8.73. The predicted molar refractivity (Wildman–Crippen MR) is 62.3 cm³/mol. The zero-order valence-corrected chi connectivity index (χ0v) is 9.93. The fraction of sp³-hybridized carbons (Fsp3) is 0.615. The van der Waals surface area contributed by atoms with E-state index in [0.717, 1.165) is 18.4 Å². The van der Waals surface area contributed by atoms with Crippen LogP contribution in [0.15, 0.2) is 11.6 Å². The summed E-state index contributed by atoms with van der Waals surface area (Å²) in [6.07, 6.45) is 6.04. The Hall–Kier alpha value is -1.23. The highest BCUT2D eigenvalue weighted by atomic mass is 16.5. The quantitative estimate of drug-likeness (QED) is 0.228. The molecule has 0 aliphatic carbocycles. The molecule has 0 amide bonds. The molecule has 0 radical (unpaired) electrons. The molecule has 0 heterocycles. The molecule has 0 bridgehead atoms. The van der Waals surface area contributed by atoms with Gasteiger partial charge in [-0.15, -0.1) is 0 Å². The first-order valence-electron chi connectivity index (χ1n) is 5.45. The summed E-state index contributed by atoms with van der Waals surface area (Å²) in [5.74, 6) is 4.86. The second-order valence-electron chi connectivity index (χ2n) is 3.64. The molecule has 2 nitrogen and oxygen atoms in total. The molecule has 0 fully saturated rings. The molecule has 0 aliphatic heterocycles. The Labute approximate surface area is 92.7 Å². The van der Waals surface area contributed by atoms with E-state index in [1.807, 2.05) is 19.9 Å². The minimum absolute atomic E-state index is 0.324. The summed E-state index contributed by atoms with van der Waals surface area (Å²) in [6, 6.07) is 0. The first kappa shape index (κ1) is 13.8. The summed E-state index contributed by atoms with van der Waals surface area (Å²) in [4.78, 5) is 11.0. The van der Waals surface area contributed by atoms with Gasteiger partial charge in [-0.3, -0.25) is 0 Å². The van der Waals surface area contributed by atoms with Gasteiger partial charge in [-0.25, -0.2) is 4.79 Å². The van der Waals surface area contributed by atoms with Crippen LogP contribution in [0.4, 0.5) is 0 Å². The molecule has 0 unspecified atom stereocenters. The van der Waals surface area contributed by atoms with Gasteiger partial charge >= 0.3 is 5.97 Å². The van der Waals surface area contributed by atoms with Gasteiger partial charge in [0.2, 0.25) is 0 Å². The van der Waals surface area contributed by atoms with Crippen LogP contribution in [0, 0.1) is 11.8 Å². The maximum absolute atomic E-state index is 11.0. The van der Waals surface area contributed by atoms with Crippen molar-refractivity contribution in [3.8, 4) is 11.8 Å². The van der Waals surface area contributed by atoms with Gasteiger partial charge in [-0.1, -0.05) is 31.3 Å². The molecule has 0 aromatic heterocycles. The lowest BCUT2D eigenvalue weighted by atomic mass is 10.2. The maximum Gasteiger partial charge on any atom is 0.384 e. The second-order valence-corrected chi connectivity index (χ2v) is 3.64. The fourth-order valence-corrected chi connectivity index (χ4v) is 0.918. The average Bonchev–Trinajstić information content (AvgIpc) is 2.17. The molecule has 15 heavy (non-hydrogen) atoms. The van der Waals surface area contributed by atoms with Crippen molar-refractivity contribution in [2.75, 3.05) is 6.61 Å². The van der Waals surface area contributed by atoms with Crippen LogP contribution in [0.5, 0.6) is 0 Å². The van der Waals surface area contributed by atoms with Crippen LogP contribution in [-0.4, -0.2) is 12.6 Å². The Morgan fingerprint density at radius 1 is 1.33 bits per heavy atom. The smallest absolute Gasteiger partial charge is 0.384 e. The predicted octanol–water partition coefficient (Wildman–Crippen LogP) is 3.08. The largest absolute Gasteiger partial charge is 0.452 e. The number of carbonyl (C=O) groups excluding carboxylic acids is 1. The van der Waals surface area contributed by atoms with Crippen LogP contribution < -0.4 is 0 Å². The van der Waals surface area contributed by atoms with Crippen LogP contribution >= 0.6 is 0 Å². The van der Waals surface area contributed by atoms with Crippen molar-refractivity contribution in [3.63, 3.8) is 0 Å². The van der Waals surface area contributed by atoms with Gasteiger partial charge in [0.1, 0.15) is 6.61 Å². The third kappa shape index (κ3) is 10.7. The average molecular weight is 208 g/mol. The number of rotatable bonds is 5. The second kappa shape index (κ2) is 9.33. The lowest BCUT2D eigenvalue weighted by molar-refractivity contribution is -0.135. The molecule has 0 atom stereocenters. The summed E-state index contributed by atoms with van der Waals surface area (Å²) >= 11 is 0.